The van der Waals surface area contributed by atoms with Crippen molar-refractivity contribution in [3.8, 4) is 0 Å². The zero-order chi connectivity index (χ0) is 59.4. The Bertz CT molecular complexity index is 1580. The topological polar surface area (TPSA) is 237 Å². The average molecular weight is 1190 g/mol. The third kappa shape index (κ3) is 54.0. The number of phosphoric ester groups is 2. The Morgan fingerprint density at radius 3 is 0.950 bits per heavy atom. The van der Waals surface area contributed by atoms with E-state index in [9.17, 15) is 43.2 Å². The molecule has 80 heavy (non-hydrogen) atoms. The second-order valence-corrected chi connectivity index (χ2v) is 25.7. The largest absolute Gasteiger partial charge is 0.472 e. The first-order valence-corrected chi connectivity index (χ1v) is 35.0. The van der Waals surface area contributed by atoms with E-state index in [1.807, 2.05) is 0 Å². The highest BCUT2D eigenvalue weighted by molar-refractivity contribution is 7.47. The van der Waals surface area contributed by atoms with Crippen LogP contribution in [0.4, 0.5) is 0 Å². The van der Waals surface area contributed by atoms with Crippen LogP contribution in [-0.4, -0.2) is 96.7 Å². The van der Waals surface area contributed by atoms with Gasteiger partial charge in [-0.1, -0.05) is 247 Å². The summed E-state index contributed by atoms with van der Waals surface area (Å²) in [6.45, 7) is 9.31. The highest BCUT2D eigenvalue weighted by atomic mass is 31.2. The van der Waals surface area contributed by atoms with Crippen molar-refractivity contribution in [3.63, 3.8) is 0 Å². The van der Waals surface area contributed by atoms with Crippen LogP contribution in [0.3, 0.4) is 0 Å². The summed E-state index contributed by atoms with van der Waals surface area (Å²) in [7, 11) is -9.87. The first kappa shape index (κ1) is 78.1. The summed E-state index contributed by atoms with van der Waals surface area (Å²) in [6.07, 6.45) is 35.2. The molecule has 0 saturated carbocycles. The van der Waals surface area contributed by atoms with Crippen molar-refractivity contribution < 1.29 is 80.2 Å². The van der Waals surface area contributed by atoms with Crippen LogP contribution < -0.4 is 0 Å². The number of rotatable bonds is 60. The molecule has 6 atom stereocenters. The summed E-state index contributed by atoms with van der Waals surface area (Å²) in [4.78, 5) is 71.8. The summed E-state index contributed by atoms with van der Waals surface area (Å²) in [5.74, 6) is -0.679. The van der Waals surface area contributed by atoms with Gasteiger partial charge in [-0.25, -0.2) is 9.13 Å². The predicted octanol–water partition coefficient (Wildman–Crippen LogP) is 16.5. The summed E-state index contributed by atoms with van der Waals surface area (Å²) in [5, 5.41) is 10.5. The Kier molecular flexibility index (Phi) is 52.5. The predicted molar refractivity (Wildman–Crippen MR) is 317 cm³/mol. The molecular formula is C61H118O17P2. The van der Waals surface area contributed by atoms with Gasteiger partial charge >= 0.3 is 39.5 Å². The van der Waals surface area contributed by atoms with Gasteiger partial charge in [0, 0.05) is 25.7 Å². The second kappa shape index (κ2) is 53.8. The van der Waals surface area contributed by atoms with Gasteiger partial charge in [0.1, 0.15) is 19.3 Å². The van der Waals surface area contributed by atoms with E-state index in [0.717, 1.165) is 102 Å². The van der Waals surface area contributed by atoms with Crippen LogP contribution in [0.2, 0.25) is 0 Å². The maximum Gasteiger partial charge on any atom is 0.472 e. The Labute approximate surface area is 486 Å². The minimum atomic E-state index is -4.94. The van der Waals surface area contributed by atoms with Crippen LogP contribution in [0.15, 0.2) is 0 Å². The molecule has 17 nitrogen and oxygen atoms in total. The number of esters is 4. The molecule has 0 radical (unpaired) electrons. The molecule has 0 bridgehead atoms. The lowest BCUT2D eigenvalue weighted by molar-refractivity contribution is -0.161. The molecule has 0 heterocycles. The van der Waals surface area contributed by atoms with Crippen LogP contribution in [0.5, 0.6) is 0 Å². The first-order valence-electron chi connectivity index (χ1n) is 32.0. The molecule has 0 fully saturated rings. The van der Waals surface area contributed by atoms with Crippen molar-refractivity contribution in [2.75, 3.05) is 39.6 Å². The van der Waals surface area contributed by atoms with Crippen LogP contribution in [-0.2, 0) is 65.4 Å². The van der Waals surface area contributed by atoms with Crippen LogP contribution in [0.25, 0.3) is 0 Å². The fourth-order valence-corrected chi connectivity index (χ4v) is 10.5. The molecule has 0 spiro atoms. The Morgan fingerprint density at radius 1 is 0.362 bits per heavy atom. The molecule has 0 aromatic heterocycles. The van der Waals surface area contributed by atoms with Crippen molar-refractivity contribution in [1.82, 2.24) is 0 Å². The van der Waals surface area contributed by atoms with E-state index in [-0.39, 0.29) is 25.7 Å². The van der Waals surface area contributed by atoms with E-state index in [2.05, 4.69) is 41.5 Å². The number of hydrogen-bond donors (Lipinski definition) is 3. The molecule has 0 rings (SSSR count). The lowest BCUT2D eigenvalue weighted by Gasteiger charge is -2.21. The quantitative estimate of drug-likeness (QED) is 0.0222. The number of aliphatic hydroxyl groups excluding tert-OH is 1. The molecule has 0 aromatic carbocycles. The van der Waals surface area contributed by atoms with Crippen molar-refractivity contribution in [2.24, 2.45) is 11.8 Å². The van der Waals surface area contributed by atoms with Gasteiger partial charge in [-0.05, 0) is 37.5 Å². The molecule has 3 unspecified atom stereocenters. The summed E-state index contributed by atoms with van der Waals surface area (Å²) in [5.41, 5.74) is 0. The van der Waals surface area contributed by atoms with E-state index in [0.29, 0.717) is 31.6 Å². The molecule has 0 aliphatic heterocycles. The number of phosphoric acid groups is 2. The molecule has 0 aliphatic rings. The monoisotopic (exact) mass is 1180 g/mol. The van der Waals surface area contributed by atoms with E-state index in [1.165, 1.54) is 109 Å². The van der Waals surface area contributed by atoms with Crippen molar-refractivity contribution in [2.45, 2.75) is 317 Å². The smallest absolute Gasteiger partial charge is 0.462 e. The van der Waals surface area contributed by atoms with E-state index < -0.39 is 97.5 Å². The Morgan fingerprint density at radius 2 is 0.637 bits per heavy atom. The average Bonchev–Trinajstić information content (AvgIpc) is 3.42. The van der Waals surface area contributed by atoms with Gasteiger partial charge < -0.3 is 33.8 Å². The minimum Gasteiger partial charge on any atom is -0.462 e. The van der Waals surface area contributed by atoms with Crippen molar-refractivity contribution >= 4 is 39.5 Å². The lowest BCUT2D eigenvalue weighted by Crippen LogP contribution is -2.30. The van der Waals surface area contributed by atoms with Gasteiger partial charge in [-0.3, -0.25) is 37.3 Å². The molecule has 0 saturated heterocycles. The zero-order valence-electron chi connectivity index (χ0n) is 51.4. The number of aliphatic hydroxyl groups is 1. The zero-order valence-corrected chi connectivity index (χ0v) is 53.2. The van der Waals surface area contributed by atoms with Gasteiger partial charge in [0.05, 0.1) is 26.4 Å². The van der Waals surface area contributed by atoms with E-state index in [1.54, 1.807) is 0 Å². The molecule has 19 heteroatoms. The Hall–Kier alpha value is -1.94. The molecule has 3 N–H and O–H groups in total. The highest BCUT2D eigenvalue weighted by Crippen LogP contribution is 2.45. The highest BCUT2D eigenvalue weighted by Gasteiger charge is 2.30. The maximum absolute atomic E-state index is 12.9. The van der Waals surface area contributed by atoms with E-state index >= 15 is 0 Å². The van der Waals surface area contributed by atoms with Crippen LogP contribution >= 0.6 is 15.6 Å². The van der Waals surface area contributed by atoms with Gasteiger partial charge in [-0.2, -0.15) is 0 Å². The molecular weight excluding hydrogens is 1070 g/mol. The standard InChI is InChI=1S/C61H118O17P2/c1-7-10-12-14-15-16-17-18-22-25-32-38-44-59(64)72-50-57(77-60(65)45-39-33-26-23-20-19-21-24-31-36-42-54(6)9-3)52-76-80(69,70)74-48-55(62)47-73-79(67,68)75-51-56(49-71-58(63)43-37-29-13-11-8-2)78-61(66)46-40-34-28-27-30-35-41-53(4)5/h53-57,62H,7-52H2,1-6H3,(H,67,68)(H,69,70)/t54?,55-,56+,57+/m0/s1. The fraction of sp³-hybridized carbons (Fsp3) is 0.934. The van der Waals surface area contributed by atoms with Crippen molar-refractivity contribution in [1.29, 1.82) is 0 Å². The maximum atomic E-state index is 12.9. The summed E-state index contributed by atoms with van der Waals surface area (Å²) >= 11 is 0. The fourth-order valence-electron chi connectivity index (χ4n) is 8.97. The van der Waals surface area contributed by atoms with Crippen LogP contribution in [0.1, 0.15) is 298 Å². The number of carbonyl (C=O) groups is 4. The summed E-state index contributed by atoms with van der Waals surface area (Å²) < 4.78 is 67.7. The van der Waals surface area contributed by atoms with E-state index in [4.69, 9.17) is 37.0 Å². The Balaban J connectivity index is 5.19. The van der Waals surface area contributed by atoms with Gasteiger partial charge in [-0.15, -0.1) is 0 Å². The minimum absolute atomic E-state index is 0.101. The number of hydrogen-bond acceptors (Lipinski definition) is 15. The molecule has 0 amide bonds. The number of ether oxygens (including phenoxy) is 4. The second-order valence-electron chi connectivity index (χ2n) is 22.8. The molecule has 0 aromatic rings. The van der Waals surface area contributed by atoms with Crippen LogP contribution in [0, 0.1) is 11.8 Å². The number of unbranched alkanes of at least 4 members (excludes halogenated alkanes) is 29. The van der Waals surface area contributed by atoms with Gasteiger partial charge in [0.25, 0.3) is 0 Å². The van der Waals surface area contributed by atoms with Crippen molar-refractivity contribution in [3.05, 3.63) is 0 Å². The number of carbonyl (C=O) groups excluding carboxylic acids is 4. The van der Waals surface area contributed by atoms with Gasteiger partial charge in [0.15, 0.2) is 12.2 Å². The SMILES string of the molecule is CCCCCCCCCCCCCCC(=O)OC[C@H](COP(=O)(O)OC[C@@H](O)COP(=O)(O)OC[C@@H](COC(=O)CCCCCCC)OC(=O)CCCCCCCCC(C)C)OC(=O)CCCCCCCCCCCCC(C)CC. The van der Waals surface area contributed by atoms with Gasteiger partial charge in [0.2, 0.25) is 0 Å². The first-order chi connectivity index (χ1) is 38.4. The summed E-state index contributed by atoms with van der Waals surface area (Å²) in [6, 6.07) is 0. The third-order valence-electron chi connectivity index (χ3n) is 14.3. The third-order valence-corrected chi connectivity index (χ3v) is 16.2. The molecule has 0 aliphatic carbocycles. The molecule has 474 valence electrons. The normalized spacial score (nSPS) is 14.7. The lowest BCUT2D eigenvalue weighted by atomic mass is 9.99.